The van der Waals surface area contributed by atoms with Crippen molar-refractivity contribution in [2.24, 2.45) is 5.92 Å². The Hall–Kier alpha value is -2.66. The number of ether oxygens (including phenoxy) is 1. The van der Waals surface area contributed by atoms with Crippen LogP contribution in [0.3, 0.4) is 0 Å². The number of halogens is 4. The lowest BCUT2D eigenvalue weighted by atomic mass is 9.84. The van der Waals surface area contributed by atoms with E-state index in [4.69, 9.17) is 4.74 Å². The second-order valence-corrected chi connectivity index (χ2v) is 8.60. The van der Waals surface area contributed by atoms with Crippen molar-refractivity contribution in [2.45, 2.75) is 31.1 Å². The summed E-state index contributed by atoms with van der Waals surface area (Å²) >= 11 is 3.33. The van der Waals surface area contributed by atoms with Gasteiger partial charge in [0, 0.05) is 23.0 Å². The molecule has 4 rings (SSSR count). The SMILES string of the molecule is COc1ccc(CN2C(=O)N(C)[C@](C#CC3CC3)(C(F)(F)F)c3ccc(Br)cc32)cc1. The first-order chi connectivity index (χ1) is 14.7. The fourth-order valence-corrected chi connectivity index (χ4v) is 4.06. The van der Waals surface area contributed by atoms with Gasteiger partial charge in [-0.3, -0.25) is 9.80 Å². The Kier molecular flexibility index (Phi) is 5.42. The highest BCUT2D eigenvalue weighted by atomic mass is 79.9. The molecule has 0 bridgehead atoms. The van der Waals surface area contributed by atoms with E-state index in [-0.39, 0.29) is 23.7 Å². The van der Waals surface area contributed by atoms with Gasteiger partial charge in [0.25, 0.3) is 0 Å². The molecule has 2 aromatic carbocycles. The number of rotatable bonds is 3. The third-order valence-electron chi connectivity index (χ3n) is 5.61. The smallest absolute Gasteiger partial charge is 0.427 e. The second kappa shape index (κ2) is 7.79. The van der Waals surface area contributed by atoms with Gasteiger partial charge in [-0.25, -0.2) is 4.79 Å². The van der Waals surface area contributed by atoms with Crippen molar-refractivity contribution < 1.29 is 22.7 Å². The zero-order chi connectivity index (χ0) is 22.4. The van der Waals surface area contributed by atoms with E-state index in [1.54, 1.807) is 43.5 Å². The number of fused-ring (bicyclic) bond motifs is 1. The van der Waals surface area contributed by atoms with Gasteiger partial charge < -0.3 is 4.74 Å². The fraction of sp³-hybridized carbons (Fsp3) is 0.348. The predicted molar refractivity (Wildman–Crippen MR) is 115 cm³/mol. The molecular formula is C23H20BrF3N2O2. The molecule has 1 heterocycles. The van der Waals surface area contributed by atoms with E-state index in [1.807, 2.05) is 0 Å². The van der Waals surface area contributed by atoms with Crippen LogP contribution >= 0.6 is 15.9 Å². The van der Waals surface area contributed by atoms with E-state index in [2.05, 4.69) is 27.8 Å². The average molecular weight is 493 g/mol. The Labute approximate surface area is 187 Å². The first-order valence-electron chi connectivity index (χ1n) is 9.75. The van der Waals surface area contributed by atoms with Crippen LogP contribution in [0.25, 0.3) is 0 Å². The molecule has 8 heteroatoms. The van der Waals surface area contributed by atoms with E-state index in [0.717, 1.165) is 23.3 Å². The Bertz CT molecular complexity index is 1070. The molecule has 1 saturated carbocycles. The van der Waals surface area contributed by atoms with Crippen LogP contribution in [0.2, 0.25) is 0 Å². The van der Waals surface area contributed by atoms with Crippen molar-refractivity contribution in [3.63, 3.8) is 0 Å². The zero-order valence-corrected chi connectivity index (χ0v) is 18.5. The normalized spacial score (nSPS) is 20.8. The highest BCUT2D eigenvalue weighted by molar-refractivity contribution is 9.10. The Morgan fingerprint density at radius 1 is 1.19 bits per heavy atom. The van der Waals surface area contributed by atoms with Crippen LogP contribution < -0.4 is 9.64 Å². The molecule has 2 aromatic rings. The van der Waals surface area contributed by atoms with Crippen molar-refractivity contribution in [3.8, 4) is 17.6 Å². The quantitative estimate of drug-likeness (QED) is 0.514. The summed E-state index contributed by atoms with van der Waals surface area (Å²) in [5.41, 5.74) is -1.79. The summed E-state index contributed by atoms with van der Waals surface area (Å²) in [6.45, 7) is 0.112. The molecule has 2 amide bonds. The monoisotopic (exact) mass is 492 g/mol. The van der Waals surface area contributed by atoms with Gasteiger partial charge in [-0.15, -0.1) is 0 Å². The van der Waals surface area contributed by atoms with Crippen molar-refractivity contribution in [3.05, 3.63) is 58.1 Å². The third kappa shape index (κ3) is 3.76. The van der Waals surface area contributed by atoms with Crippen LogP contribution in [0.1, 0.15) is 24.0 Å². The number of methoxy groups -OCH3 is 1. The Morgan fingerprint density at radius 3 is 2.45 bits per heavy atom. The number of amides is 2. The molecule has 162 valence electrons. The number of carbonyl (C=O) groups is 1. The standard InChI is InChI=1S/C23H20BrF3N2O2/c1-28-21(30)29(14-16-5-8-18(31-2)9-6-16)20-13-17(24)7-10-19(20)22(28,23(25,26)27)12-11-15-3-4-15/h5-10,13,15H,3-4,14H2,1-2H3/t22-/m0/s1. The summed E-state index contributed by atoms with van der Waals surface area (Å²) in [5, 5.41) is 0. The molecule has 0 spiro atoms. The van der Waals surface area contributed by atoms with Crippen LogP contribution in [-0.4, -0.2) is 31.3 Å². The molecule has 1 aliphatic heterocycles. The number of hydrogen-bond acceptors (Lipinski definition) is 2. The number of anilines is 1. The molecular weight excluding hydrogens is 473 g/mol. The lowest BCUT2D eigenvalue weighted by molar-refractivity contribution is -0.204. The minimum Gasteiger partial charge on any atom is -0.497 e. The molecule has 0 N–H and O–H groups in total. The first-order valence-corrected chi connectivity index (χ1v) is 10.5. The molecule has 4 nitrogen and oxygen atoms in total. The van der Waals surface area contributed by atoms with Crippen molar-refractivity contribution in [1.29, 1.82) is 0 Å². The van der Waals surface area contributed by atoms with Crippen LogP contribution in [-0.2, 0) is 12.1 Å². The molecule has 1 fully saturated rings. The Balaban J connectivity index is 1.86. The van der Waals surface area contributed by atoms with Crippen LogP contribution in [0.4, 0.5) is 23.7 Å². The van der Waals surface area contributed by atoms with E-state index >= 15 is 0 Å². The first kappa shape index (κ1) is 21.6. The number of benzene rings is 2. The summed E-state index contributed by atoms with van der Waals surface area (Å²) < 4.78 is 49.4. The molecule has 31 heavy (non-hydrogen) atoms. The molecule has 0 saturated heterocycles. The molecule has 2 aliphatic rings. The van der Waals surface area contributed by atoms with Crippen molar-refractivity contribution in [2.75, 3.05) is 19.1 Å². The average Bonchev–Trinajstić information content (AvgIpc) is 3.55. The van der Waals surface area contributed by atoms with Gasteiger partial charge >= 0.3 is 12.2 Å². The van der Waals surface area contributed by atoms with Crippen molar-refractivity contribution >= 4 is 27.6 Å². The number of alkyl halides is 3. The lowest BCUT2D eigenvalue weighted by Gasteiger charge is -2.47. The van der Waals surface area contributed by atoms with E-state index in [1.165, 1.54) is 18.0 Å². The van der Waals surface area contributed by atoms with Gasteiger partial charge in [-0.05, 0) is 42.7 Å². The summed E-state index contributed by atoms with van der Waals surface area (Å²) in [6.07, 6.45) is -3.20. The number of urea groups is 1. The van der Waals surface area contributed by atoms with Crippen LogP contribution in [0.15, 0.2) is 46.9 Å². The Morgan fingerprint density at radius 2 is 1.87 bits per heavy atom. The second-order valence-electron chi connectivity index (χ2n) is 7.69. The van der Waals surface area contributed by atoms with Crippen LogP contribution in [0, 0.1) is 17.8 Å². The largest absolute Gasteiger partial charge is 0.497 e. The third-order valence-corrected chi connectivity index (χ3v) is 6.10. The van der Waals surface area contributed by atoms with Crippen molar-refractivity contribution in [1.82, 2.24) is 4.90 Å². The van der Waals surface area contributed by atoms with E-state index < -0.39 is 17.7 Å². The van der Waals surface area contributed by atoms with Gasteiger partial charge in [0.05, 0.1) is 19.3 Å². The molecule has 1 aliphatic carbocycles. The van der Waals surface area contributed by atoms with Crippen LogP contribution in [0.5, 0.6) is 5.75 Å². The fourth-order valence-electron chi connectivity index (χ4n) is 3.71. The van der Waals surface area contributed by atoms with Gasteiger partial charge in [0.1, 0.15) is 5.75 Å². The maximum Gasteiger partial charge on any atom is 0.427 e. The molecule has 0 radical (unpaired) electrons. The van der Waals surface area contributed by atoms with Gasteiger partial charge in [-0.2, -0.15) is 13.2 Å². The number of carbonyl (C=O) groups excluding carboxylic acids is 1. The number of nitrogens with zero attached hydrogens (tertiary/aromatic N) is 2. The summed E-state index contributed by atoms with van der Waals surface area (Å²) in [5.74, 6) is 5.82. The minimum atomic E-state index is -4.77. The summed E-state index contributed by atoms with van der Waals surface area (Å²) in [7, 11) is 2.72. The summed E-state index contributed by atoms with van der Waals surface area (Å²) in [6, 6.07) is 10.8. The molecule has 0 aromatic heterocycles. The van der Waals surface area contributed by atoms with Gasteiger partial charge in [0.15, 0.2) is 0 Å². The number of hydrogen-bond donors (Lipinski definition) is 0. The molecule has 1 atom stereocenters. The maximum absolute atomic E-state index is 14.6. The predicted octanol–water partition coefficient (Wildman–Crippen LogP) is 5.70. The summed E-state index contributed by atoms with van der Waals surface area (Å²) in [4.78, 5) is 15.4. The van der Waals surface area contributed by atoms with E-state index in [0.29, 0.717) is 10.2 Å². The highest BCUT2D eigenvalue weighted by Crippen LogP contribution is 2.51. The zero-order valence-electron chi connectivity index (χ0n) is 17.0. The van der Waals surface area contributed by atoms with Gasteiger partial charge in [-0.1, -0.05) is 46.0 Å². The topological polar surface area (TPSA) is 32.8 Å². The highest BCUT2D eigenvalue weighted by Gasteiger charge is 2.63. The van der Waals surface area contributed by atoms with Gasteiger partial charge in [0.2, 0.25) is 5.54 Å². The minimum absolute atomic E-state index is 0.0426. The van der Waals surface area contributed by atoms with E-state index in [9.17, 15) is 18.0 Å². The maximum atomic E-state index is 14.6. The lowest BCUT2D eigenvalue weighted by Crippen LogP contribution is -2.62. The molecule has 0 unspecified atom stereocenters.